The van der Waals surface area contributed by atoms with Crippen molar-refractivity contribution >= 4 is 5.97 Å². The molecule has 0 spiro atoms. The van der Waals surface area contributed by atoms with E-state index in [1.54, 1.807) is 12.1 Å². The highest BCUT2D eigenvalue weighted by Crippen LogP contribution is 2.56. The van der Waals surface area contributed by atoms with Crippen LogP contribution in [0.2, 0.25) is 0 Å². The van der Waals surface area contributed by atoms with Crippen molar-refractivity contribution in [1.29, 1.82) is 0 Å². The van der Waals surface area contributed by atoms with Crippen LogP contribution in [0.15, 0.2) is 30.3 Å². The van der Waals surface area contributed by atoms with Crippen molar-refractivity contribution in [2.75, 3.05) is 19.8 Å². The molecule has 2 aliphatic rings. The normalized spacial score (nSPS) is 33.6. The Bertz CT molecular complexity index is 531. The van der Waals surface area contributed by atoms with E-state index >= 15 is 0 Å². The zero-order valence-electron chi connectivity index (χ0n) is 12.8. The van der Waals surface area contributed by atoms with Gasteiger partial charge >= 0.3 is 5.97 Å². The summed E-state index contributed by atoms with van der Waals surface area (Å²) in [5, 5.41) is 9.02. The molecule has 3 unspecified atom stereocenters. The lowest BCUT2D eigenvalue weighted by Gasteiger charge is -2.38. The summed E-state index contributed by atoms with van der Waals surface area (Å²) >= 11 is 0. The maximum absolute atomic E-state index is 12.3. The molecule has 1 aliphatic heterocycles. The highest BCUT2D eigenvalue weighted by molar-refractivity contribution is 5.89. The van der Waals surface area contributed by atoms with E-state index in [9.17, 15) is 4.79 Å². The van der Waals surface area contributed by atoms with Crippen molar-refractivity contribution in [3.8, 4) is 0 Å². The molecule has 2 fully saturated rings. The summed E-state index contributed by atoms with van der Waals surface area (Å²) in [7, 11) is 0. The van der Waals surface area contributed by atoms with Gasteiger partial charge < -0.3 is 19.3 Å². The maximum atomic E-state index is 12.3. The van der Waals surface area contributed by atoms with Crippen LogP contribution in [-0.4, -0.2) is 42.8 Å². The predicted molar refractivity (Wildman–Crippen MR) is 79.3 cm³/mol. The molecule has 120 valence electrons. The van der Waals surface area contributed by atoms with E-state index in [4.69, 9.17) is 19.3 Å². The molecule has 1 aromatic carbocycles. The molecule has 3 atom stereocenters. The molecule has 22 heavy (non-hydrogen) atoms. The number of hydrogen-bond donors (Lipinski definition) is 1. The van der Waals surface area contributed by atoms with Gasteiger partial charge in [-0.1, -0.05) is 25.1 Å². The summed E-state index contributed by atoms with van der Waals surface area (Å²) in [6.07, 6.45) is 1.93. The van der Waals surface area contributed by atoms with Gasteiger partial charge in [0.05, 0.1) is 30.8 Å². The second-order valence-corrected chi connectivity index (χ2v) is 6.14. The minimum Gasteiger partial charge on any atom is -0.458 e. The van der Waals surface area contributed by atoms with Gasteiger partial charge in [-0.05, 0) is 25.0 Å². The van der Waals surface area contributed by atoms with E-state index in [1.807, 2.05) is 25.1 Å². The zero-order valence-corrected chi connectivity index (χ0v) is 12.8. The molecule has 0 radical (unpaired) electrons. The fourth-order valence-corrected chi connectivity index (χ4v) is 3.64. The Kier molecular flexibility index (Phi) is 4.21. The first-order valence-electron chi connectivity index (χ1n) is 7.76. The number of benzene rings is 1. The Morgan fingerprint density at radius 1 is 1.36 bits per heavy atom. The minimum absolute atomic E-state index is 0.0460. The minimum atomic E-state index is -0.739. The number of hydrogen-bond acceptors (Lipinski definition) is 5. The lowest BCUT2D eigenvalue weighted by Crippen LogP contribution is -2.47. The summed E-state index contributed by atoms with van der Waals surface area (Å²) in [4.78, 5) is 12.3. The summed E-state index contributed by atoms with van der Waals surface area (Å²) < 4.78 is 17.4. The van der Waals surface area contributed by atoms with Crippen molar-refractivity contribution in [3.05, 3.63) is 35.9 Å². The number of fused-ring (bicyclic) bond motifs is 1. The first-order valence-corrected chi connectivity index (χ1v) is 7.76. The van der Waals surface area contributed by atoms with E-state index in [1.165, 1.54) is 0 Å². The quantitative estimate of drug-likeness (QED) is 0.844. The van der Waals surface area contributed by atoms with Gasteiger partial charge in [0.1, 0.15) is 6.10 Å². The second-order valence-electron chi connectivity index (χ2n) is 6.14. The molecule has 1 aliphatic carbocycles. The third kappa shape index (κ3) is 2.43. The van der Waals surface area contributed by atoms with Crippen molar-refractivity contribution in [2.24, 2.45) is 5.41 Å². The number of aliphatic hydroxyl groups is 1. The smallest absolute Gasteiger partial charge is 0.338 e. The van der Waals surface area contributed by atoms with Crippen molar-refractivity contribution in [3.63, 3.8) is 0 Å². The average molecular weight is 306 g/mol. The first kappa shape index (κ1) is 15.5. The number of carbonyl (C=O) groups is 1. The summed E-state index contributed by atoms with van der Waals surface area (Å²) in [6.45, 7) is 2.82. The standard InChI is InChI=1S/C17H22O5/c1-16-9-11-20-17(16,21-12-10-18)8-7-14(16)22-15(19)13-5-3-2-4-6-13/h2-6,14,18H,7-12H2,1H3. The number of esters is 1. The fourth-order valence-electron chi connectivity index (χ4n) is 3.64. The molecule has 1 saturated heterocycles. The highest BCUT2D eigenvalue weighted by Gasteiger charge is 2.64. The molecular weight excluding hydrogens is 284 g/mol. The van der Waals surface area contributed by atoms with Gasteiger partial charge in [0.25, 0.3) is 0 Å². The van der Waals surface area contributed by atoms with Gasteiger partial charge in [0, 0.05) is 6.42 Å². The number of carbonyl (C=O) groups excluding carboxylic acids is 1. The van der Waals surface area contributed by atoms with Crippen LogP contribution in [0.25, 0.3) is 0 Å². The lowest BCUT2D eigenvalue weighted by molar-refractivity contribution is -0.254. The summed E-state index contributed by atoms with van der Waals surface area (Å²) in [6, 6.07) is 9.01. The molecule has 5 heteroatoms. The molecule has 3 rings (SSSR count). The molecule has 1 N–H and O–H groups in total. The predicted octanol–water partition coefficient (Wildman–Crippen LogP) is 2.14. The van der Waals surface area contributed by atoms with E-state index in [-0.39, 0.29) is 30.7 Å². The fraction of sp³-hybridized carbons (Fsp3) is 0.588. The monoisotopic (exact) mass is 306 g/mol. The van der Waals surface area contributed by atoms with E-state index in [2.05, 4.69) is 0 Å². The second kappa shape index (κ2) is 5.99. The largest absolute Gasteiger partial charge is 0.458 e. The van der Waals surface area contributed by atoms with Crippen LogP contribution in [0.5, 0.6) is 0 Å². The van der Waals surface area contributed by atoms with Gasteiger partial charge in [0.2, 0.25) is 0 Å². The zero-order chi connectivity index (χ0) is 15.6. The van der Waals surface area contributed by atoms with Crippen molar-refractivity contribution < 1.29 is 24.1 Å². The van der Waals surface area contributed by atoms with Gasteiger partial charge in [-0.15, -0.1) is 0 Å². The lowest BCUT2D eigenvalue weighted by atomic mass is 9.80. The van der Waals surface area contributed by atoms with Crippen LogP contribution in [0.3, 0.4) is 0 Å². The van der Waals surface area contributed by atoms with Gasteiger partial charge in [-0.2, -0.15) is 0 Å². The van der Waals surface area contributed by atoms with Crippen LogP contribution in [0.1, 0.15) is 36.5 Å². The Morgan fingerprint density at radius 2 is 2.14 bits per heavy atom. The topological polar surface area (TPSA) is 65.0 Å². The Morgan fingerprint density at radius 3 is 2.86 bits per heavy atom. The van der Waals surface area contributed by atoms with Crippen molar-refractivity contribution in [2.45, 2.75) is 38.1 Å². The number of ether oxygens (including phenoxy) is 3. The van der Waals surface area contributed by atoms with Crippen LogP contribution in [-0.2, 0) is 14.2 Å². The molecule has 5 nitrogen and oxygen atoms in total. The van der Waals surface area contributed by atoms with Crippen LogP contribution in [0.4, 0.5) is 0 Å². The van der Waals surface area contributed by atoms with Crippen LogP contribution < -0.4 is 0 Å². The third-order valence-corrected chi connectivity index (χ3v) is 4.96. The molecule has 0 aromatic heterocycles. The first-order chi connectivity index (χ1) is 10.6. The Labute approximate surface area is 130 Å². The van der Waals surface area contributed by atoms with E-state index < -0.39 is 5.79 Å². The number of rotatable bonds is 5. The van der Waals surface area contributed by atoms with Gasteiger partial charge in [-0.25, -0.2) is 4.79 Å². The molecule has 1 heterocycles. The van der Waals surface area contributed by atoms with E-state index in [0.29, 0.717) is 25.0 Å². The molecule has 0 bridgehead atoms. The summed E-state index contributed by atoms with van der Waals surface area (Å²) in [5.41, 5.74) is 0.186. The maximum Gasteiger partial charge on any atom is 0.338 e. The van der Waals surface area contributed by atoms with Gasteiger partial charge in [0.15, 0.2) is 5.79 Å². The van der Waals surface area contributed by atoms with E-state index in [0.717, 1.165) is 6.42 Å². The van der Waals surface area contributed by atoms with Crippen LogP contribution >= 0.6 is 0 Å². The average Bonchev–Trinajstić information content (AvgIpc) is 2.99. The van der Waals surface area contributed by atoms with Crippen molar-refractivity contribution in [1.82, 2.24) is 0 Å². The SMILES string of the molecule is CC12CCOC1(OCCO)CCC2OC(=O)c1ccccc1. The summed E-state index contributed by atoms with van der Waals surface area (Å²) in [5.74, 6) is -1.05. The third-order valence-electron chi connectivity index (χ3n) is 4.96. The number of aliphatic hydroxyl groups excluding tert-OH is 1. The molecule has 0 amide bonds. The Hall–Kier alpha value is -1.43. The molecule has 1 aromatic rings. The molecule has 1 saturated carbocycles. The van der Waals surface area contributed by atoms with Crippen LogP contribution in [0, 0.1) is 5.41 Å². The van der Waals surface area contributed by atoms with Gasteiger partial charge in [-0.3, -0.25) is 0 Å². The highest BCUT2D eigenvalue weighted by atomic mass is 16.7. The Balaban J connectivity index is 1.74. The molecular formula is C17H22O5.